The smallest absolute Gasteiger partial charge is 0.357 e. The van der Waals surface area contributed by atoms with Gasteiger partial charge in [0.1, 0.15) is 6.07 Å². The second-order valence-electron chi connectivity index (χ2n) is 5.05. The maximum absolute atomic E-state index is 12.0. The summed E-state index contributed by atoms with van der Waals surface area (Å²) in [5.74, 6) is -0.537. The van der Waals surface area contributed by atoms with Crippen LogP contribution >= 0.6 is 0 Å². The largest absolute Gasteiger partial charge is 0.464 e. The van der Waals surface area contributed by atoms with Crippen molar-refractivity contribution >= 4 is 11.7 Å². The highest BCUT2D eigenvalue weighted by molar-refractivity contribution is 5.96. The molecule has 1 aliphatic carbocycles. The van der Waals surface area contributed by atoms with E-state index in [1.807, 2.05) is 18.2 Å². The summed E-state index contributed by atoms with van der Waals surface area (Å²) in [6.45, 7) is 0. The zero-order chi connectivity index (χ0) is 15.0. The Morgan fingerprint density at radius 3 is 2.95 bits per heavy atom. The number of benzene rings is 1. The van der Waals surface area contributed by atoms with Crippen LogP contribution in [0.4, 0.5) is 5.69 Å². The number of carbonyl (C=O) groups excluding carboxylic acids is 1. The fourth-order valence-corrected chi connectivity index (χ4v) is 2.93. The van der Waals surface area contributed by atoms with Gasteiger partial charge in [-0.05, 0) is 36.5 Å². The predicted molar refractivity (Wildman–Crippen MR) is 78.3 cm³/mol. The number of rotatable bonds is 2. The van der Waals surface area contributed by atoms with Gasteiger partial charge in [-0.3, -0.25) is 0 Å². The van der Waals surface area contributed by atoms with E-state index in [4.69, 9.17) is 15.7 Å². The number of aromatic nitrogens is 1. The zero-order valence-corrected chi connectivity index (χ0v) is 11.7. The lowest BCUT2D eigenvalue weighted by molar-refractivity contribution is 0.0593. The number of nitrogen functional groups attached to an aromatic ring is 1. The lowest BCUT2D eigenvalue weighted by Crippen LogP contribution is -2.12. The van der Waals surface area contributed by atoms with Crippen molar-refractivity contribution in [1.82, 2.24) is 4.57 Å². The maximum atomic E-state index is 12.0. The van der Waals surface area contributed by atoms with E-state index in [2.05, 4.69) is 6.07 Å². The Morgan fingerprint density at radius 1 is 1.43 bits per heavy atom. The van der Waals surface area contributed by atoms with E-state index in [-0.39, 0.29) is 16.9 Å². The van der Waals surface area contributed by atoms with Gasteiger partial charge in [0.2, 0.25) is 0 Å². The molecule has 0 spiro atoms. The Kier molecular flexibility index (Phi) is 3.15. The van der Waals surface area contributed by atoms with Gasteiger partial charge in [0.15, 0.2) is 5.69 Å². The second-order valence-corrected chi connectivity index (χ2v) is 5.05. The summed E-state index contributed by atoms with van der Waals surface area (Å²) in [6.07, 6.45) is 4.71. The van der Waals surface area contributed by atoms with Crippen LogP contribution in [0.15, 0.2) is 24.4 Å². The topological polar surface area (TPSA) is 81.0 Å². The molecule has 1 heterocycles. The summed E-state index contributed by atoms with van der Waals surface area (Å²) >= 11 is 0. The van der Waals surface area contributed by atoms with Gasteiger partial charge in [0, 0.05) is 11.9 Å². The monoisotopic (exact) mass is 281 g/mol. The van der Waals surface area contributed by atoms with Crippen LogP contribution in [0, 0.1) is 11.3 Å². The highest BCUT2D eigenvalue weighted by Gasteiger charge is 2.24. The van der Waals surface area contributed by atoms with Crippen LogP contribution in [0.2, 0.25) is 0 Å². The Morgan fingerprint density at radius 2 is 2.24 bits per heavy atom. The van der Waals surface area contributed by atoms with Crippen molar-refractivity contribution in [2.75, 3.05) is 12.8 Å². The van der Waals surface area contributed by atoms with Gasteiger partial charge in [-0.15, -0.1) is 0 Å². The number of carbonyl (C=O) groups is 1. The number of anilines is 1. The van der Waals surface area contributed by atoms with Gasteiger partial charge in [0.05, 0.1) is 18.4 Å². The molecule has 21 heavy (non-hydrogen) atoms. The summed E-state index contributed by atoms with van der Waals surface area (Å²) in [7, 11) is 1.31. The molecule has 0 saturated carbocycles. The summed E-state index contributed by atoms with van der Waals surface area (Å²) < 4.78 is 6.49. The van der Waals surface area contributed by atoms with Crippen molar-refractivity contribution in [2.24, 2.45) is 0 Å². The van der Waals surface area contributed by atoms with Gasteiger partial charge >= 0.3 is 5.97 Å². The molecule has 0 radical (unpaired) electrons. The van der Waals surface area contributed by atoms with Crippen molar-refractivity contribution in [3.8, 4) is 11.8 Å². The average Bonchev–Trinajstić information content (AvgIpc) is 3.10. The highest BCUT2D eigenvalue weighted by atomic mass is 16.5. The lowest BCUT2D eigenvalue weighted by Gasteiger charge is -2.12. The number of aryl methyl sites for hydroxylation is 1. The van der Waals surface area contributed by atoms with Crippen molar-refractivity contribution < 1.29 is 9.53 Å². The number of hydrogen-bond acceptors (Lipinski definition) is 4. The quantitative estimate of drug-likeness (QED) is 0.856. The molecular formula is C16H15N3O2. The van der Waals surface area contributed by atoms with Gasteiger partial charge in [0.25, 0.3) is 0 Å². The van der Waals surface area contributed by atoms with Crippen LogP contribution < -0.4 is 5.73 Å². The molecule has 1 aromatic heterocycles. The van der Waals surface area contributed by atoms with Crippen LogP contribution in [0.25, 0.3) is 5.69 Å². The first-order chi connectivity index (χ1) is 10.2. The Bertz CT molecular complexity index is 769. The molecule has 0 bridgehead atoms. The first-order valence-electron chi connectivity index (χ1n) is 6.77. The molecule has 0 fully saturated rings. The molecule has 2 N–H and O–H groups in total. The number of ether oxygens (including phenoxy) is 1. The summed E-state index contributed by atoms with van der Waals surface area (Å²) in [5.41, 5.74) is 9.99. The molecule has 0 saturated heterocycles. The molecule has 2 aromatic rings. The molecule has 106 valence electrons. The van der Waals surface area contributed by atoms with E-state index in [0.717, 1.165) is 24.9 Å². The SMILES string of the molecule is COC(=O)c1c(N)c(C#N)cn1-c1cccc2c1CCC2. The third kappa shape index (κ3) is 1.96. The number of nitrogens with two attached hydrogens (primary N) is 1. The molecule has 0 atom stereocenters. The summed E-state index contributed by atoms with van der Waals surface area (Å²) in [6, 6.07) is 8.02. The molecule has 1 aliphatic rings. The minimum atomic E-state index is -0.537. The van der Waals surface area contributed by atoms with E-state index >= 15 is 0 Å². The van der Waals surface area contributed by atoms with Gasteiger partial charge in [-0.2, -0.15) is 5.26 Å². The Balaban J connectivity index is 2.27. The second kappa shape index (κ2) is 4.98. The third-order valence-electron chi connectivity index (χ3n) is 3.92. The van der Waals surface area contributed by atoms with Crippen molar-refractivity contribution in [1.29, 1.82) is 5.26 Å². The maximum Gasteiger partial charge on any atom is 0.357 e. The fraction of sp³-hybridized carbons (Fsp3) is 0.250. The van der Waals surface area contributed by atoms with E-state index in [9.17, 15) is 4.79 Å². The van der Waals surface area contributed by atoms with Gasteiger partial charge in [-0.1, -0.05) is 12.1 Å². The summed E-state index contributed by atoms with van der Waals surface area (Å²) in [5, 5.41) is 9.16. The summed E-state index contributed by atoms with van der Waals surface area (Å²) in [4.78, 5) is 12.0. The molecule has 1 aromatic carbocycles. The van der Waals surface area contributed by atoms with Crippen LogP contribution in [-0.2, 0) is 17.6 Å². The van der Waals surface area contributed by atoms with Crippen molar-refractivity contribution in [3.05, 3.63) is 46.8 Å². The number of esters is 1. The number of fused-ring (bicyclic) bond motifs is 1. The van der Waals surface area contributed by atoms with Gasteiger partial charge < -0.3 is 15.0 Å². The Hall–Kier alpha value is -2.74. The predicted octanol–water partition coefficient (Wildman–Crippen LogP) is 2.21. The normalized spacial score (nSPS) is 12.8. The molecule has 0 unspecified atom stereocenters. The molecule has 5 nitrogen and oxygen atoms in total. The van der Waals surface area contributed by atoms with Crippen LogP contribution in [0.3, 0.4) is 0 Å². The molecule has 3 rings (SSSR count). The number of methoxy groups -OCH3 is 1. The van der Waals surface area contributed by atoms with Crippen LogP contribution in [0.1, 0.15) is 33.6 Å². The molecule has 0 amide bonds. The zero-order valence-electron chi connectivity index (χ0n) is 11.7. The van der Waals surface area contributed by atoms with Crippen LogP contribution in [-0.4, -0.2) is 17.6 Å². The molecule has 5 heteroatoms. The number of nitrogens with zero attached hydrogens (tertiary/aromatic N) is 2. The van der Waals surface area contributed by atoms with Gasteiger partial charge in [-0.25, -0.2) is 4.79 Å². The number of nitriles is 1. The van der Waals surface area contributed by atoms with Crippen molar-refractivity contribution in [3.63, 3.8) is 0 Å². The average molecular weight is 281 g/mol. The number of hydrogen-bond donors (Lipinski definition) is 1. The minimum Gasteiger partial charge on any atom is -0.464 e. The lowest BCUT2D eigenvalue weighted by atomic mass is 10.1. The first kappa shape index (κ1) is 13.3. The highest BCUT2D eigenvalue weighted by Crippen LogP contribution is 2.31. The van der Waals surface area contributed by atoms with Crippen molar-refractivity contribution in [2.45, 2.75) is 19.3 Å². The Labute approximate surface area is 122 Å². The van der Waals surface area contributed by atoms with E-state index < -0.39 is 5.97 Å². The van der Waals surface area contributed by atoms with Crippen LogP contribution in [0.5, 0.6) is 0 Å². The molecule has 0 aliphatic heterocycles. The van der Waals surface area contributed by atoms with E-state index in [1.54, 1.807) is 10.8 Å². The standard InChI is InChI=1S/C16H15N3O2/c1-21-16(20)15-14(18)11(8-17)9-19(15)13-7-3-5-10-4-2-6-12(10)13/h3,5,7,9H,2,4,6,18H2,1H3. The van der Waals surface area contributed by atoms with E-state index in [1.165, 1.54) is 18.2 Å². The molecular weight excluding hydrogens is 266 g/mol. The third-order valence-corrected chi connectivity index (χ3v) is 3.92. The minimum absolute atomic E-state index is 0.167. The van der Waals surface area contributed by atoms with E-state index in [0.29, 0.717) is 0 Å². The first-order valence-corrected chi connectivity index (χ1v) is 6.77. The fourth-order valence-electron chi connectivity index (χ4n) is 2.93.